The molecule has 1 amide bonds. The third-order valence-corrected chi connectivity index (χ3v) is 5.42. The Bertz CT molecular complexity index is 1140. The molecule has 150 valence electrons. The molecule has 4 rings (SSSR count). The molecular formula is C24H19IN2O3. The molecule has 0 saturated heterocycles. The van der Waals surface area contributed by atoms with Crippen LogP contribution in [0.25, 0.3) is 11.3 Å². The first kappa shape index (κ1) is 20.2. The average molecular weight is 510 g/mol. The van der Waals surface area contributed by atoms with Crippen LogP contribution in [-0.2, 0) is 9.53 Å². The topological polar surface area (TPSA) is 67.4 Å². The van der Waals surface area contributed by atoms with Crippen molar-refractivity contribution in [3.8, 4) is 0 Å². The Labute approximate surface area is 188 Å². The minimum Gasteiger partial charge on any atom is -0.462 e. The first-order valence-corrected chi connectivity index (χ1v) is 10.6. The van der Waals surface area contributed by atoms with Crippen LogP contribution in [0.3, 0.4) is 0 Å². The van der Waals surface area contributed by atoms with Crippen LogP contribution in [0.2, 0.25) is 0 Å². The van der Waals surface area contributed by atoms with Gasteiger partial charge in [0.05, 0.1) is 29.1 Å². The Morgan fingerprint density at radius 2 is 1.73 bits per heavy atom. The second-order valence-corrected chi connectivity index (χ2v) is 7.93. The molecule has 6 heteroatoms. The molecule has 3 aromatic rings. The number of carbonyl (C=O) groups is 2. The van der Waals surface area contributed by atoms with Crippen LogP contribution < -0.4 is 10.6 Å². The molecule has 1 heterocycles. The largest absolute Gasteiger partial charge is 0.462 e. The Kier molecular flexibility index (Phi) is 5.85. The number of benzene rings is 3. The van der Waals surface area contributed by atoms with Gasteiger partial charge in [0.2, 0.25) is 0 Å². The summed E-state index contributed by atoms with van der Waals surface area (Å²) < 4.78 is 6.20. The van der Waals surface area contributed by atoms with Gasteiger partial charge < -0.3 is 15.4 Å². The molecule has 0 radical (unpaired) electrons. The molecule has 1 aliphatic rings. The minimum absolute atomic E-state index is 0.220. The fourth-order valence-electron chi connectivity index (χ4n) is 3.32. The first-order valence-electron chi connectivity index (χ1n) is 9.52. The highest BCUT2D eigenvalue weighted by atomic mass is 127. The van der Waals surface area contributed by atoms with Gasteiger partial charge in [-0.1, -0.05) is 36.4 Å². The lowest BCUT2D eigenvalue weighted by Crippen LogP contribution is -2.10. The molecule has 5 nitrogen and oxygen atoms in total. The summed E-state index contributed by atoms with van der Waals surface area (Å²) in [7, 11) is 0. The summed E-state index contributed by atoms with van der Waals surface area (Å²) in [6.07, 6.45) is 0. The number of ether oxygens (including phenoxy) is 1. The highest BCUT2D eigenvalue weighted by Crippen LogP contribution is 2.38. The van der Waals surface area contributed by atoms with E-state index < -0.39 is 5.97 Å². The molecule has 0 unspecified atom stereocenters. The number of esters is 1. The number of fused-ring (bicyclic) bond motifs is 1. The van der Waals surface area contributed by atoms with Crippen molar-refractivity contribution in [1.82, 2.24) is 0 Å². The summed E-state index contributed by atoms with van der Waals surface area (Å²) in [5.41, 5.74) is 4.75. The molecule has 0 spiro atoms. The van der Waals surface area contributed by atoms with Crippen molar-refractivity contribution in [3.05, 3.63) is 93.1 Å². The quantitative estimate of drug-likeness (QED) is 0.274. The van der Waals surface area contributed by atoms with E-state index in [2.05, 4.69) is 33.2 Å². The van der Waals surface area contributed by atoms with E-state index in [0.29, 0.717) is 29.1 Å². The lowest BCUT2D eigenvalue weighted by molar-refractivity contribution is -0.110. The van der Waals surface area contributed by atoms with Crippen molar-refractivity contribution in [2.24, 2.45) is 0 Å². The van der Waals surface area contributed by atoms with Crippen molar-refractivity contribution in [2.45, 2.75) is 6.92 Å². The van der Waals surface area contributed by atoms with Gasteiger partial charge in [-0.25, -0.2) is 4.79 Å². The number of hydrogen-bond acceptors (Lipinski definition) is 4. The van der Waals surface area contributed by atoms with Crippen LogP contribution >= 0.6 is 22.6 Å². The fraction of sp³-hybridized carbons (Fsp3) is 0.0833. The predicted molar refractivity (Wildman–Crippen MR) is 127 cm³/mol. The van der Waals surface area contributed by atoms with Crippen LogP contribution in [-0.4, -0.2) is 18.5 Å². The van der Waals surface area contributed by atoms with Gasteiger partial charge in [0.1, 0.15) is 0 Å². The van der Waals surface area contributed by atoms with Gasteiger partial charge in [0.25, 0.3) is 5.91 Å². The van der Waals surface area contributed by atoms with Gasteiger partial charge >= 0.3 is 5.97 Å². The second kappa shape index (κ2) is 8.71. The monoisotopic (exact) mass is 510 g/mol. The van der Waals surface area contributed by atoms with Crippen LogP contribution in [0.4, 0.5) is 11.4 Å². The second-order valence-electron chi connectivity index (χ2n) is 6.68. The SMILES string of the molecule is CCOC(=O)c1ccc2c(c1)NC(=O)/C2=C(\Nc1ccc(I)cc1)c1ccccc1. The molecule has 2 N–H and O–H groups in total. The van der Waals surface area contributed by atoms with E-state index in [1.165, 1.54) is 0 Å². The standard InChI is InChI=1S/C24H19IN2O3/c1-2-30-24(29)16-8-13-19-20(14-16)27-23(28)21(19)22(15-6-4-3-5-7-15)26-18-11-9-17(25)10-12-18/h3-14,26H,2H2,1H3,(H,27,28)/b22-21-. The van der Waals surface area contributed by atoms with E-state index in [9.17, 15) is 9.59 Å². The molecule has 0 aromatic heterocycles. The summed E-state index contributed by atoms with van der Waals surface area (Å²) in [4.78, 5) is 25.0. The zero-order valence-corrected chi connectivity index (χ0v) is 18.4. The normalized spacial score (nSPS) is 14.0. The van der Waals surface area contributed by atoms with Gasteiger partial charge in [-0.05, 0) is 71.5 Å². The Hall–Kier alpha value is -3.13. The molecular weight excluding hydrogens is 491 g/mol. The van der Waals surface area contributed by atoms with Gasteiger partial charge in [-0.2, -0.15) is 0 Å². The molecule has 1 aliphatic heterocycles. The van der Waals surface area contributed by atoms with Crippen molar-refractivity contribution in [2.75, 3.05) is 17.2 Å². The third-order valence-electron chi connectivity index (χ3n) is 4.70. The molecule has 30 heavy (non-hydrogen) atoms. The Morgan fingerprint density at radius 1 is 1.00 bits per heavy atom. The predicted octanol–water partition coefficient (Wildman–Crippen LogP) is 5.40. The lowest BCUT2D eigenvalue weighted by Gasteiger charge is -2.15. The van der Waals surface area contributed by atoms with Crippen molar-refractivity contribution < 1.29 is 14.3 Å². The van der Waals surface area contributed by atoms with E-state index >= 15 is 0 Å². The molecule has 0 atom stereocenters. The molecule has 0 bridgehead atoms. The number of amides is 1. The number of hydrogen-bond donors (Lipinski definition) is 2. The number of rotatable bonds is 5. The van der Waals surface area contributed by atoms with Gasteiger partial charge in [-0.15, -0.1) is 0 Å². The summed E-state index contributed by atoms with van der Waals surface area (Å²) in [5.74, 6) is -0.629. The van der Waals surface area contributed by atoms with E-state index in [4.69, 9.17) is 4.74 Å². The van der Waals surface area contributed by atoms with E-state index in [1.807, 2.05) is 54.6 Å². The highest BCUT2D eigenvalue weighted by molar-refractivity contribution is 14.1. The molecule has 0 aliphatic carbocycles. The number of anilines is 2. The molecule has 0 fully saturated rings. The van der Waals surface area contributed by atoms with E-state index in [1.54, 1.807) is 25.1 Å². The first-order chi connectivity index (χ1) is 14.6. The maximum atomic E-state index is 13.0. The third kappa shape index (κ3) is 4.09. The Morgan fingerprint density at radius 3 is 2.43 bits per heavy atom. The van der Waals surface area contributed by atoms with Crippen molar-refractivity contribution in [1.29, 1.82) is 0 Å². The van der Waals surface area contributed by atoms with Crippen molar-refractivity contribution >= 4 is 57.1 Å². The summed E-state index contributed by atoms with van der Waals surface area (Å²) >= 11 is 2.26. The van der Waals surface area contributed by atoms with Crippen molar-refractivity contribution in [3.63, 3.8) is 0 Å². The molecule has 0 saturated carbocycles. The van der Waals surface area contributed by atoms with E-state index in [0.717, 1.165) is 20.4 Å². The number of nitrogens with one attached hydrogen (secondary N) is 2. The minimum atomic E-state index is -0.410. The maximum Gasteiger partial charge on any atom is 0.338 e. The summed E-state index contributed by atoms with van der Waals surface area (Å²) in [6, 6.07) is 22.8. The number of carbonyl (C=O) groups excluding carboxylic acids is 2. The maximum absolute atomic E-state index is 13.0. The Balaban J connectivity index is 1.83. The van der Waals surface area contributed by atoms with Gasteiger partial charge in [0.15, 0.2) is 0 Å². The van der Waals surface area contributed by atoms with Crippen LogP contribution in [0, 0.1) is 3.57 Å². The van der Waals surface area contributed by atoms with Gasteiger partial charge in [0, 0.05) is 14.8 Å². The number of halogens is 1. The van der Waals surface area contributed by atoms with Crippen LogP contribution in [0.1, 0.15) is 28.4 Å². The van der Waals surface area contributed by atoms with Crippen LogP contribution in [0.15, 0.2) is 72.8 Å². The van der Waals surface area contributed by atoms with Gasteiger partial charge in [-0.3, -0.25) is 4.79 Å². The van der Waals surface area contributed by atoms with E-state index in [-0.39, 0.29) is 5.91 Å². The average Bonchev–Trinajstić information content (AvgIpc) is 3.09. The summed E-state index contributed by atoms with van der Waals surface area (Å²) in [5, 5.41) is 6.30. The fourth-order valence-corrected chi connectivity index (χ4v) is 3.68. The molecule has 3 aromatic carbocycles. The zero-order chi connectivity index (χ0) is 21.1. The lowest BCUT2D eigenvalue weighted by atomic mass is 9.99. The zero-order valence-electron chi connectivity index (χ0n) is 16.2. The highest BCUT2D eigenvalue weighted by Gasteiger charge is 2.29. The smallest absolute Gasteiger partial charge is 0.338 e. The van der Waals surface area contributed by atoms with Crippen LogP contribution in [0.5, 0.6) is 0 Å². The summed E-state index contributed by atoms with van der Waals surface area (Å²) in [6.45, 7) is 2.06.